The molecule has 1 aromatic carbocycles. The van der Waals surface area contributed by atoms with Gasteiger partial charge in [0, 0.05) is 5.39 Å². The Morgan fingerprint density at radius 2 is 2.06 bits per heavy atom. The molecule has 17 heavy (non-hydrogen) atoms. The maximum absolute atomic E-state index is 10.4. The van der Waals surface area contributed by atoms with E-state index in [1.165, 1.54) is 0 Å². The topological polar surface area (TPSA) is 88.6 Å². The largest absolute Gasteiger partial charge is 0.480 e. The molecule has 5 nitrogen and oxygen atoms in total. The quantitative estimate of drug-likeness (QED) is 0.607. The fourth-order valence-electron chi connectivity index (χ4n) is 1.44. The van der Waals surface area contributed by atoms with Crippen molar-refractivity contribution in [2.24, 2.45) is 10.7 Å². The van der Waals surface area contributed by atoms with Crippen molar-refractivity contribution >= 4 is 22.7 Å². The van der Waals surface area contributed by atoms with Gasteiger partial charge in [0.05, 0.1) is 5.52 Å². The molecule has 0 spiro atoms. The van der Waals surface area contributed by atoms with Gasteiger partial charge < -0.3 is 10.8 Å². The average Bonchev–Trinajstić information content (AvgIpc) is 2.35. The molecule has 5 heteroatoms. The van der Waals surface area contributed by atoms with E-state index in [2.05, 4.69) is 9.98 Å². The molecule has 0 saturated heterocycles. The van der Waals surface area contributed by atoms with E-state index in [4.69, 9.17) is 10.8 Å². The second-order valence-electron chi connectivity index (χ2n) is 3.48. The first kappa shape index (κ1) is 11.1. The minimum absolute atomic E-state index is 0.137. The number of carbonyl (C=O) groups is 1. The zero-order valence-electron chi connectivity index (χ0n) is 9.00. The molecule has 0 atom stereocenters. The number of hydrogen-bond acceptors (Lipinski definition) is 3. The van der Waals surface area contributed by atoms with Crippen molar-refractivity contribution < 1.29 is 9.90 Å². The van der Waals surface area contributed by atoms with Gasteiger partial charge >= 0.3 is 5.97 Å². The zero-order valence-corrected chi connectivity index (χ0v) is 9.00. The van der Waals surface area contributed by atoms with Crippen molar-refractivity contribution in [2.45, 2.75) is 0 Å². The van der Waals surface area contributed by atoms with Crippen LogP contribution in [0.3, 0.4) is 0 Å². The van der Waals surface area contributed by atoms with Gasteiger partial charge in [-0.05, 0) is 12.1 Å². The summed E-state index contributed by atoms with van der Waals surface area (Å²) in [6, 6.07) is 11.2. The van der Waals surface area contributed by atoms with E-state index in [9.17, 15) is 4.79 Å². The molecule has 2 aromatic rings. The van der Waals surface area contributed by atoms with Crippen LogP contribution in [-0.2, 0) is 4.79 Å². The van der Waals surface area contributed by atoms with Gasteiger partial charge in [0.15, 0.2) is 0 Å². The summed E-state index contributed by atoms with van der Waals surface area (Å²) < 4.78 is 0. The van der Waals surface area contributed by atoms with Gasteiger partial charge in [0.25, 0.3) is 0 Å². The van der Waals surface area contributed by atoms with Crippen LogP contribution in [0.25, 0.3) is 10.9 Å². The van der Waals surface area contributed by atoms with Crippen LogP contribution in [0, 0.1) is 0 Å². The first-order valence-electron chi connectivity index (χ1n) is 5.05. The normalized spacial score (nSPS) is 11.6. The Hall–Kier alpha value is -2.43. The number of rotatable bonds is 3. The number of aliphatic carboxylic acids is 1. The molecule has 0 aliphatic carbocycles. The summed E-state index contributed by atoms with van der Waals surface area (Å²) in [6.07, 6.45) is 0. The number of carboxylic acids is 1. The Labute approximate surface area is 97.6 Å². The van der Waals surface area contributed by atoms with Crippen LogP contribution >= 0.6 is 0 Å². The molecule has 0 aliphatic heterocycles. The molecular formula is C12H11N3O2. The maximum Gasteiger partial charge on any atom is 0.325 e. The number of nitrogens with two attached hydrogens (primary N) is 1. The second kappa shape index (κ2) is 4.61. The minimum Gasteiger partial charge on any atom is -0.480 e. The Kier molecular flexibility index (Phi) is 3.00. The SMILES string of the molecule is NC(=NCC(=O)O)c1ccc2ccccc2n1. The number of aliphatic imine (C=N–C) groups is 1. The summed E-state index contributed by atoms with van der Waals surface area (Å²) in [4.78, 5) is 18.4. The standard InChI is InChI=1S/C12H11N3O2/c13-12(14-7-11(16)17)10-6-5-8-3-1-2-4-9(8)15-10/h1-6H,7H2,(H2,13,14)(H,16,17). The van der Waals surface area contributed by atoms with Gasteiger partial charge in [0.2, 0.25) is 0 Å². The number of hydrogen-bond donors (Lipinski definition) is 2. The number of benzene rings is 1. The number of pyridine rings is 1. The minimum atomic E-state index is -1.02. The van der Waals surface area contributed by atoms with E-state index < -0.39 is 5.97 Å². The number of aromatic nitrogens is 1. The summed E-state index contributed by atoms with van der Waals surface area (Å²) in [5.41, 5.74) is 6.95. The van der Waals surface area contributed by atoms with Gasteiger partial charge in [-0.15, -0.1) is 0 Å². The summed E-state index contributed by atoms with van der Waals surface area (Å²) in [5.74, 6) is -0.883. The monoisotopic (exact) mass is 229 g/mol. The van der Waals surface area contributed by atoms with Gasteiger partial charge in [-0.2, -0.15) is 0 Å². The lowest BCUT2D eigenvalue weighted by Crippen LogP contribution is -2.17. The Morgan fingerprint density at radius 1 is 1.29 bits per heavy atom. The lowest BCUT2D eigenvalue weighted by Gasteiger charge is -2.01. The van der Waals surface area contributed by atoms with E-state index in [-0.39, 0.29) is 12.4 Å². The molecule has 0 amide bonds. The average molecular weight is 229 g/mol. The van der Waals surface area contributed by atoms with E-state index in [1.807, 2.05) is 30.3 Å². The van der Waals surface area contributed by atoms with Crippen molar-refractivity contribution in [3.63, 3.8) is 0 Å². The number of carboxylic acid groups (broad SMARTS) is 1. The smallest absolute Gasteiger partial charge is 0.325 e. The van der Waals surface area contributed by atoms with Crippen LogP contribution < -0.4 is 5.73 Å². The fourth-order valence-corrected chi connectivity index (χ4v) is 1.44. The molecule has 1 heterocycles. The molecule has 0 radical (unpaired) electrons. The molecule has 1 aromatic heterocycles. The summed E-state index contributed by atoms with van der Waals surface area (Å²) in [5, 5.41) is 9.50. The molecule has 0 unspecified atom stereocenters. The van der Waals surface area contributed by atoms with Crippen LogP contribution in [-0.4, -0.2) is 28.4 Å². The van der Waals surface area contributed by atoms with Crippen LogP contribution in [0.15, 0.2) is 41.4 Å². The number of amidine groups is 1. The van der Waals surface area contributed by atoms with Crippen molar-refractivity contribution in [2.75, 3.05) is 6.54 Å². The van der Waals surface area contributed by atoms with E-state index in [0.717, 1.165) is 10.9 Å². The molecule has 0 aliphatic rings. The third-order valence-corrected chi connectivity index (χ3v) is 2.25. The van der Waals surface area contributed by atoms with Crippen molar-refractivity contribution in [1.29, 1.82) is 0 Å². The van der Waals surface area contributed by atoms with Crippen LogP contribution in [0.4, 0.5) is 0 Å². The fraction of sp³-hybridized carbons (Fsp3) is 0.0833. The van der Waals surface area contributed by atoms with E-state index >= 15 is 0 Å². The highest BCUT2D eigenvalue weighted by molar-refractivity contribution is 5.98. The third-order valence-electron chi connectivity index (χ3n) is 2.25. The third kappa shape index (κ3) is 2.57. The first-order valence-corrected chi connectivity index (χ1v) is 5.05. The number of nitrogens with zero attached hydrogens (tertiary/aromatic N) is 2. The van der Waals surface area contributed by atoms with Gasteiger partial charge in [-0.1, -0.05) is 24.3 Å². The molecular weight excluding hydrogens is 218 g/mol. The summed E-state index contributed by atoms with van der Waals surface area (Å²) >= 11 is 0. The lowest BCUT2D eigenvalue weighted by atomic mass is 10.2. The van der Waals surface area contributed by atoms with Crippen LogP contribution in [0.1, 0.15) is 5.69 Å². The number of fused-ring (bicyclic) bond motifs is 1. The van der Waals surface area contributed by atoms with Crippen LogP contribution in [0.2, 0.25) is 0 Å². The first-order chi connectivity index (χ1) is 8.16. The van der Waals surface area contributed by atoms with Gasteiger partial charge in [0.1, 0.15) is 18.1 Å². The Morgan fingerprint density at radius 3 is 2.82 bits per heavy atom. The van der Waals surface area contributed by atoms with Gasteiger partial charge in [-0.25, -0.2) is 4.98 Å². The van der Waals surface area contributed by atoms with Crippen molar-refractivity contribution in [3.05, 3.63) is 42.1 Å². The second-order valence-corrected chi connectivity index (χ2v) is 3.48. The Balaban J connectivity index is 2.36. The molecule has 2 rings (SSSR count). The molecule has 0 fully saturated rings. The van der Waals surface area contributed by atoms with Crippen molar-refractivity contribution in [3.8, 4) is 0 Å². The highest BCUT2D eigenvalue weighted by Gasteiger charge is 2.03. The van der Waals surface area contributed by atoms with E-state index in [0.29, 0.717) is 5.69 Å². The van der Waals surface area contributed by atoms with Crippen LogP contribution in [0.5, 0.6) is 0 Å². The predicted molar refractivity (Wildman–Crippen MR) is 65.0 cm³/mol. The lowest BCUT2D eigenvalue weighted by molar-refractivity contribution is -0.135. The van der Waals surface area contributed by atoms with E-state index in [1.54, 1.807) is 6.07 Å². The van der Waals surface area contributed by atoms with Gasteiger partial charge in [-0.3, -0.25) is 9.79 Å². The highest BCUT2D eigenvalue weighted by Crippen LogP contribution is 2.11. The molecule has 86 valence electrons. The Bertz CT molecular complexity index is 593. The molecule has 0 saturated carbocycles. The number of para-hydroxylation sites is 1. The molecule has 0 bridgehead atoms. The highest BCUT2D eigenvalue weighted by atomic mass is 16.4. The molecule has 3 N–H and O–H groups in total. The zero-order chi connectivity index (χ0) is 12.3. The summed E-state index contributed by atoms with van der Waals surface area (Å²) in [6.45, 7) is -0.347. The maximum atomic E-state index is 10.4. The predicted octanol–water partition coefficient (Wildman–Crippen LogP) is 1.02. The summed E-state index contributed by atoms with van der Waals surface area (Å²) in [7, 11) is 0. The van der Waals surface area contributed by atoms with Crippen molar-refractivity contribution in [1.82, 2.24) is 4.98 Å².